The van der Waals surface area contributed by atoms with Crippen LogP contribution in [0, 0.1) is 0 Å². The molecule has 0 aliphatic carbocycles. The van der Waals surface area contributed by atoms with Crippen LogP contribution < -0.4 is 10.1 Å². The zero-order valence-electron chi connectivity index (χ0n) is 12.5. The molecule has 108 valence electrons. The van der Waals surface area contributed by atoms with Crippen LogP contribution in [0.3, 0.4) is 0 Å². The average molecular weight is 274 g/mol. The molecule has 1 aromatic heterocycles. The van der Waals surface area contributed by atoms with E-state index in [9.17, 15) is 4.79 Å². The highest BCUT2D eigenvalue weighted by Gasteiger charge is 2.08. The molecule has 0 saturated heterocycles. The monoisotopic (exact) mass is 274 g/mol. The first-order valence-corrected chi connectivity index (χ1v) is 7.00. The molecule has 0 bridgehead atoms. The number of carbonyl (C=O) groups is 1. The van der Waals surface area contributed by atoms with E-state index in [2.05, 4.69) is 5.32 Å². The predicted molar refractivity (Wildman–Crippen MR) is 81.0 cm³/mol. The quantitative estimate of drug-likeness (QED) is 0.911. The van der Waals surface area contributed by atoms with E-state index in [1.807, 2.05) is 62.7 Å². The SMILES string of the molecule is CC(C)NC(=O)Cn1ccc2cc(OC(C)C)ccc21. The fourth-order valence-corrected chi connectivity index (χ4v) is 2.18. The second kappa shape index (κ2) is 5.99. The lowest BCUT2D eigenvalue weighted by Gasteiger charge is -2.11. The topological polar surface area (TPSA) is 43.3 Å². The molecule has 1 amide bonds. The number of ether oxygens (including phenoxy) is 1. The summed E-state index contributed by atoms with van der Waals surface area (Å²) >= 11 is 0. The molecule has 1 N–H and O–H groups in total. The lowest BCUT2D eigenvalue weighted by molar-refractivity contribution is -0.122. The lowest BCUT2D eigenvalue weighted by Crippen LogP contribution is -2.32. The van der Waals surface area contributed by atoms with Crippen molar-refractivity contribution < 1.29 is 9.53 Å². The first-order chi connectivity index (χ1) is 9.45. The third-order valence-corrected chi connectivity index (χ3v) is 2.88. The van der Waals surface area contributed by atoms with Gasteiger partial charge in [0.2, 0.25) is 5.91 Å². The minimum absolute atomic E-state index is 0.0278. The highest BCUT2D eigenvalue weighted by molar-refractivity contribution is 5.84. The van der Waals surface area contributed by atoms with E-state index >= 15 is 0 Å². The summed E-state index contributed by atoms with van der Waals surface area (Å²) in [5, 5.41) is 3.98. The molecule has 0 aliphatic rings. The lowest BCUT2D eigenvalue weighted by atomic mass is 10.2. The molecule has 4 nitrogen and oxygen atoms in total. The van der Waals surface area contributed by atoms with Gasteiger partial charge in [-0.05, 0) is 52.0 Å². The molecule has 0 radical (unpaired) electrons. The maximum atomic E-state index is 11.8. The molecule has 0 fully saturated rings. The van der Waals surface area contributed by atoms with Crippen LogP contribution in [0.4, 0.5) is 0 Å². The first kappa shape index (κ1) is 14.4. The first-order valence-electron chi connectivity index (χ1n) is 7.00. The van der Waals surface area contributed by atoms with Crippen molar-refractivity contribution in [2.75, 3.05) is 0 Å². The zero-order valence-corrected chi connectivity index (χ0v) is 12.5. The van der Waals surface area contributed by atoms with Crippen LogP contribution in [0.25, 0.3) is 10.9 Å². The molecule has 0 atom stereocenters. The number of carbonyl (C=O) groups excluding carboxylic acids is 1. The number of aromatic nitrogens is 1. The van der Waals surface area contributed by atoms with E-state index in [1.165, 1.54) is 0 Å². The molecular weight excluding hydrogens is 252 g/mol. The fourth-order valence-electron chi connectivity index (χ4n) is 2.18. The van der Waals surface area contributed by atoms with Gasteiger partial charge < -0.3 is 14.6 Å². The van der Waals surface area contributed by atoms with Gasteiger partial charge in [0.05, 0.1) is 6.10 Å². The van der Waals surface area contributed by atoms with Gasteiger partial charge in [0.15, 0.2) is 0 Å². The molecule has 0 spiro atoms. The summed E-state index contributed by atoms with van der Waals surface area (Å²) in [7, 11) is 0. The Bertz CT molecular complexity index is 600. The maximum Gasteiger partial charge on any atom is 0.240 e. The number of nitrogens with zero attached hydrogens (tertiary/aromatic N) is 1. The van der Waals surface area contributed by atoms with Gasteiger partial charge >= 0.3 is 0 Å². The van der Waals surface area contributed by atoms with Gasteiger partial charge in [-0.15, -0.1) is 0 Å². The van der Waals surface area contributed by atoms with Crippen LogP contribution in [0.2, 0.25) is 0 Å². The van der Waals surface area contributed by atoms with Crippen LogP contribution in [0.5, 0.6) is 5.75 Å². The fraction of sp³-hybridized carbons (Fsp3) is 0.438. The Morgan fingerprint density at radius 2 is 2.00 bits per heavy atom. The second-order valence-corrected chi connectivity index (χ2v) is 5.55. The highest BCUT2D eigenvalue weighted by atomic mass is 16.5. The zero-order chi connectivity index (χ0) is 14.7. The van der Waals surface area contributed by atoms with E-state index in [0.717, 1.165) is 16.7 Å². The summed E-state index contributed by atoms with van der Waals surface area (Å²) in [4.78, 5) is 11.8. The summed E-state index contributed by atoms with van der Waals surface area (Å²) in [6, 6.07) is 8.11. The van der Waals surface area contributed by atoms with Crippen molar-refractivity contribution in [2.24, 2.45) is 0 Å². The summed E-state index contributed by atoms with van der Waals surface area (Å²) in [5.74, 6) is 0.886. The van der Waals surface area contributed by atoms with Crippen LogP contribution in [-0.4, -0.2) is 22.6 Å². The van der Waals surface area contributed by atoms with E-state index in [0.29, 0.717) is 6.54 Å². The van der Waals surface area contributed by atoms with Crippen molar-refractivity contribution in [2.45, 2.75) is 46.4 Å². The third kappa shape index (κ3) is 3.53. The Morgan fingerprint density at radius 3 is 2.65 bits per heavy atom. The molecule has 20 heavy (non-hydrogen) atoms. The van der Waals surface area contributed by atoms with Gasteiger partial charge in [0.25, 0.3) is 0 Å². The number of rotatable bonds is 5. The number of nitrogens with one attached hydrogen (secondary N) is 1. The van der Waals surface area contributed by atoms with Gasteiger partial charge in [-0.25, -0.2) is 0 Å². The number of benzene rings is 1. The standard InChI is InChI=1S/C16H22N2O2/c1-11(2)17-16(19)10-18-8-7-13-9-14(20-12(3)4)5-6-15(13)18/h5-9,11-12H,10H2,1-4H3,(H,17,19). The van der Waals surface area contributed by atoms with E-state index < -0.39 is 0 Å². The summed E-state index contributed by atoms with van der Waals surface area (Å²) < 4.78 is 7.63. The van der Waals surface area contributed by atoms with Gasteiger partial charge in [-0.1, -0.05) is 0 Å². The molecule has 1 aromatic carbocycles. The second-order valence-electron chi connectivity index (χ2n) is 5.55. The van der Waals surface area contributed by atoms with Crippen molar-refractivity contribution in [1.82, 2.24) is 9.88 Å². The van der Waals surface area contributed by atoms with Gasteiger partial charge in [0.1, 0.15) is 12.3 Å². The van der Waals surface area contributed by atoms with Crippen LogP contribution in [0.1, 0.15) is 27.7 Å². The Balaban J connectivity index is 2.18. The molecule has 0 unspecified atom stereocenters. The van der Waals surface area contributed by atoms with Crippen molar-refractivity contribution in [3.63, 3.8) is 0 Å². The Morgan fingerprint density at radius 1 is 1.25 bits per heavy atom. The molecule has 0 saturated carbocycles. The van der Waals surface area contributed by atoms with Crippen LogP contribution in [0.15, 0.2) is 30.5 Å². The van der Waals surface area contributed by atoms with Crippen molar-refractivity contribution in [1.29, 1.82) is 0 Å². The van der Waals surface area contributed by atoms with Crippen LogP contribution in [-0.2, 0) is 11.3 Å². The minimum atomic E-state index is 0.0278. The van der Waals surface area contributed by atoms with E-state index in [-0.39, 0.29) is 18.1 Å². The molecular formula is C16H22N2O2. The summed E-state index contributed by atoms with van der Waals surface area (Å²) in [6.45, 7) is 8.27. The van der Waals surface area contributed by atoms with Gasteiger partial charge in [0, 0.05) is 23.1 Å². The summed E-state index contributed by atoms with van der Waals surface area (Å²) in [6.07, 6.45) is 2.09. The predicted octanol–water partition coefficient (Wildman–Crippen LogP) is 2.95. The average Bonchev–Trinajstić information content (AvgIpc) is 2.70. The van der Waals surface area contributed by atoms with Crippen LogP contribution >= 0.6 is 0 Å². The van der Waals surface area contributed by atoms with Crippen molar-refractivity contribution in [3.8, 4) is 5.75 Å². The number of fused-ring (bicyclic) bond motifs is 1. The highest BCUT2D eigenvalue weighted by Crippen LogP contribution is 2.22. The number of hydrogen-bond acceptors (Lipinski definition) is 2. The van der Waals surface area contributed by atoms with E-state index in [4.69, 9.17) is 4.74 Å². The number of hydrogen-bond donors (Lipinski definition) is 1. The molecule has 2 rings (SSSR count). The van der Waals surface area contributed by atoms with Gasteiger partial charge in [-0.3, -0.25) is 4.79 Å². The summed E-state index contributed by atoms with van der Waals surface area (Å²) in [5.41, 5.74) is 1.04. The Hall–Kier alpha value is -1.97. The third-order valence-electron chi connectivity index (χ3n) is 2.88. The maximum absolute atomic E-state index is 11.8. The number of amides is 1. The van der Waals surface area contributed by atoms with Gasteiger partial charge in [-0.2, -0.15) is 0 Å². The van der Waals surface area contributed by atoms with Crippen molar-refractivity contribution in [3.05, 3.63) is 30.5 Å². The van der Waals surface area contributed by atoms with E-state index in [1.54, 1.807) is 0 Å². The molecule has 2 aromatic rings. The van der Waals surface area contributed by atoms with Crippen molar-refractivity contribution >= 4 is 16.8 Å². The Labute approximate surface area is 119 Å². The minimum Gasteiger partial charge on any atom is -0.491 e. The Kier molecular flexibility index (Phi) is 4.32. The molecule has 4 heteroatoms. The largest absolute Gasteiger partial charge is 0.491 e. The molecule has 1 heterocycles. The molecule has 0 aliphatic heterocycles. The normalized spacial score (nSPS) is 11.3. The smallest absolute Gasteiger partial charge is 0.240 e.